The molecule has 5 heteroatoms. The molecule has 0 unspecified atom stereocenters. The van der Waals surface area contributed by atoms with Crippen LogP contribution in [-0.2, 0) is 13.0 Å². The molecule has 0 bridgehead atoms. The highest BCUT2D eigenvalue weighted by Crippen LogP contribution is 2.37. The van der Waals surface area contributed by atoms with Crippen molar-refractivity contribution in [3.63, 3.8) is 0 Å². The van der Waals surface area contributed by atoms with Crippen LogP contribution in [0.2, 0.25) is 0 Å². The van der Waals surface area contributed by atoms with Gasteiger partial charge in [0, 0.05) is 36.6 Å². The molecule has 0 atom stereocenters. The highest BCUT2D eigenvalue weighted by Gasteiger charge is 2.23. The number of rotatable bonds is 5. The molecule has 0 saturated heterocycles. The predicted octanol–water partition coefficient (Wildman–Crippen LogP) is 6.00. The lowest BCUT2D eigenvalue weighted by atomic mass is 9.84. The first kappa shape index (κ1) is 20.7. The molecule has 0 radical (unpaired) electrons. The molecule has 1 aromatic heterocycles. The van der Waals surface area contributed by atoms with Gasteiger partial charge < -0.3 is 15.5 Å². The third kappa shape index (κ3) is 5.03. The van der Waals surface area contributed by atoms with Crippen molar-refractivity contribution in [2.45, 2.75) is 89.1 Å². The van der Waals surface area contributed by atoms with Gasteiger partial charge in [0.15, 0.2) is 0 Å². The first-order valence-electron chi connectivity index (χ1n) is 12.5. The summed E-state index contributed by atoms with van der Waals surface area (Å²) in [6.45, 7) is 2.16. The molecule has 2 heterocycles. The number of aromatic nitrogens is 2. The van der Waals surface area contributed by atoms with Crippen LogP contribution < -0.4 is 10.6 Å². The van der Waals surface area contributed by atoms with Crippen molar-refractivity contribution in [3.05, 3.63) is 41.1 Å². The van der Waals surface area contributed by atoms with Crippen LogP contribution in [0.15, 0.2) is 24.4 Å². The molecule has 2 N–H and O–H groups in total. The smallest absolute Gasteiger partial charge is 0.229 e. The quantitative estimate of drug-likeness (QED) is 0.622. The molecule has 1 aromatic carbocycles. The van der Waals surface area contributed by atoms with Crippen LogP contribution in [-0.4, -0.2) is 34.5 Å². The van der Waals surface area contributed by atoms with Gasteiger partial charge in [-0.25, -0.2) is 4.98 Å². The summed E-state index contributed by atoms with van der Waals surface area (Å²) in [7, 11) is 2.19. The molecule has 2 aromatic rings. The average Bonchev–Trinajstić information content (AvgIpc) is 2.80. The average molecular weight is 420 g/mol. The predicted molar refractivity (Wildman–Crippen MR) is 128 cm³/mol. The molecule has 166 valence electrons. The van der Waals surface area contributed by atoms with E-state index in [4.69, 9.17) is 9.97 Å². The Labute approximate surface area is 187 Å². The summed E-state index contributed by atoms with van der Waals surface area (Å²) in [4.78, 5) is 12.2. The highest BCUT2D eigenvalue weighted by atomic mass is 15.2. The Morgan fingerprint density at radius 3 is 2.52 bits per heavy atom. The van der Waals surface area contributed by atoms with Crippen LogP contribution in [0.5, 0.6) is 0 Å². The summed E-state index contributed by atoms with van der Waals surface area (Å²) in [6.07, 6.45) is 16.4. The summed E-state index contributed by atoms with van der Waals surface area (Å²) in [5.41, 5.74) is 5.31. The van der Waals surface area contributed by atoms with Crippen molar-refractivity contribution in [2.24, 2.45) is 0 Å². The second kappa shape index (κ2) is 9.56. The van der Waals surface area contributed by atoms with E-state index in [1.165, 1.54) is 80.9 Å². The van der Waals surface area contributed by atoms with E-state index < -0.39 is 0 Å². The van der Waals surface area contributed by atoms with E-state index in [0.29, 0.717) is 17.9 Å². The third-order valence-electron chi connectivity index (χ3n) is 7.47. The number of fused-ring (bicyclic) bond motifs is 1. The zero-order chi connectivity index (χ0) is 21.0. The number of likely N-dealkylation sites (N-methyl/N-ethyl adjacent to an activating group) is 1. The number of hydrogen-bond donors (Lipinski definition) is 2. The number of benzene rings is 1. The van der Waals surface area contributed by atoms with Crippen LogP contribution >= 0.6 is 0 Å². The summed E-state index contributed by atoms with van der Waals surface area (Å²) in [6, 6.07) is 7.27. The number of anilines is 3. The van der Waals surface area contributed by atoms with Gasteiger partial charge in [0.05, 0.1) is 0 Å². The van der Waals surface area contributed by atoms with Crippen molar-refractivity contribution in [3.8, 4) is 0 Å². The van der Waals surface area contributed by atoms with E-state index in [-0.39, 0.29) is 0 Å². The molecule has 2 fully saturated rings. The van der Waals surface area contributed by atoms with Gasteiger partial charge >= 0.3 is 0 Å². The van der Waals surface area contributed by atoms with Crippen LogP contribution in [0.3, 0.4) is 0 Å². The summed E-state index contributed by atoms with van der Waals surface area (Å²) < 4.78 is 0. The van der Waals surface area contributed by atoms with Crippen molar-refractivity contribution < 1.29 is 0 Å². The van der Waals surface area contributed by atoms with Crippen LogP contribution in [0.1, 0.15) is 86.8 Å². The van der Waals surface area contributed by atoms with Gasteiger partial charge in [-0.1, -0.05) is 44.6 Å². The number of hydrogen-bond acceptors (Lipinski definition) is 5. The molecular weight excluding hydrogens is 382 g/mol. The van der Waals surface area contributed by atoms with Gasteiger partial charge in [-0.15, -0.1) is 0 Å². The molecule has 2 aliphatic carbocycles. The van der Waals surface area contributed by atoms with Gasteiger partial charge in [-0.2, -0.15) is 4.98 Å². The first-order chi connectivity index (χ1) is 15.2. The van der Waals surface area contributed by atoms with Crippen LogP contribution in [0.25, 0.3) is 0 Å². The van der Waals surface area contributed by atoms with Crippen LogP contribution in [0.4, 0.5) is 17.5 Å². The first-order valence-corrected chi connectivity index (χ1v) is 12.5. The molecule has 31 heavy (non-hydrogen) atoms. The van der Waals surface area contributed by atoms with Gasteiger partial charge in [0.25, 0.3) is 0 Å². The highest BCUT2D eigenvalue weighted by molar-refractivity contribution is 5.59. The lowest BCUT2D eigenvalue weighted by Crippen LogP contribution is -2.26. The van der Waals surface area contributed by atoms with E-state index in [1.54, 1.807) is 0 Å². The molecule has 0 amide bonds. The number of nitrogens with zero attached hydrogens (tertiary/aromatic N) is 3. The largest absolute Gasteiger partial charge is 0.367 e. The van der Waals surface area contributed by atoms with Crippen molar-refractivity contribution in [2.75, 3.05) is 24.2 Å². The standard InChI is InChI=1S/C26H37N5/c1-31-15-14-19-12-13-23(16-21(19)18-31)29-26-27-17-24(20-8-4-2-5-9-20)25(30-26)28-22-10-6-3-7-11-22/h12-13,16-17,20,22H,2-11,14-15,18H2,1H3,(H2,27,28,29,30). The van der Waals surface area contributed by atoms with Gasteiger partial charge in [0.2, 0.25) is 5.95 Å². The van der Waals surface area contributed by atoms with Crippen molar-refractivity contribution in [1.82, 2.24) is 14.9 Å². The Morgan fingerprint density at radius 1 is 0.935 bits per heavy atom. The van der Waals surface area contributed by atoms with E-state index in [9.17, 15) is 0 Å². The SMILES string of the molecule is CN1CCc2ccc(Nc3ncc(C4CCCCC4)c(NC4CCCCC4)n3)cc2C1. The maximum Gasteiger partial charge on any atom is 0.229 e. The molecule has 5 rings (SSSR count). The minimum Gasteiger partial charge on any atom is -0.367 e. The minimum absolute atomic E-state index is 0.554. The minimum atomic E-state index is 0.554. The van der Waals surface area contributed by atoms with Gasteiger partial charge in [-0.05, 0) is 68.3 Å². The maximum absolute atomic E-state index is 5.02. The molecule has 0 spiro atoms. The van der Waals surface area contributed by atoms with Gasteiger partial charge in [0.1, 0.15) is 5.82 Å². The zero-order valence-corrected chi connectivity index (χ0v) is 19.0. The normalized spacial score (nSPS) is 20.9. The van der Waals surface area contributed by atoms with E-state index >= 15 is 0 Å². The fraction of sp³-hybridized carbons (Fsp3) is 0.615. The molecular formula is C26H37N5. The Bertz CT molecular complexity index is 883. The maximum atomic E-state index is 5.02. The van der Waals surface area contributed by atoms with Crippen LogP contribution in [0, 0.1) is 0 Å². The molecule has 5 nitrogen and oxygen atoms in total. The monoisotopic (exact) mass is 419 g/mol. The molecule has 2 saturated carbocycles. The van der Waals surface area contributed by atoms with E-state index in [2.05, 4.69) is 47.0 Å². The zero-order valence-electron chi connectivity index (χ0n) is 19.0. The lowest BCUT2D eigenvalue weighted by molar-refractivity contribution is 0.313. The fourth-order valence-corrected chi connectivity index (χ4v) is 5.62. The Kier molecular flexibility index (Phi) is 6.40. The third-order valence-corrected chi connectivity index (χ3v) is 7.47. The summed E-state index contributed by atoms with van der Waals surface area (Å²) >= 11 is 0. The summed E-state index contributed by atoms with van der Waals surface area (Å²) in [5.74, 6) is 2.39. The lowest BCUT2D eigenvalue weighted by Gasteiger charge is -2.28. The van der Waals surface area contributed by atoms with Crippen molar-refractivity contribution in [1.29, 1.82) is 0 Å². The van der Waals surface area contributed by atoms with E-state index in [1.807, 2.05) is 0 Å². The Hall–Kier alpha value is -2.14. The Morgan fingerprint density at radius 2 is 1.71 bits per heavy atom. The topological polar surface area (TPSA) is 53.1 Å². The second-order valence-corrected chi connectivity index (χ2v) is 9.91. The second-order valence-electron chi connectivity index (χ2n) is 9.91. The van der Waals surface area contributed by atoms with Crippen molar-refractivity contribution >= 4 is 17.5 Å². The molecule has 1 aliphatic heterocycles. The fourth-order valence-electron chi connectivity index (χ4n) is 5.62. The van der Waals surface area contributed by atoms with Gasteiger partial charge in [-0.3, -0.25) is 0 Å². The molecule has 3 aliphatic rings. The van der Waals surface area contributed by atoms with E-state index in [0.717, 1.165) is 31.0 Å². The summed E-state index contributed by atoms with van der Waals surface area (Å²) in [5, 5.41) is 7.33. The number of nitrogens with one attached hydrogen (secondary N) is 2. The Balaban J connectivity index is 1.38.